The first-order valence-electron chi connectivity index (χ1n) is 6.57. The molecule has 0 aliphatic carbocycles. The average Bonchev–Trinajstić information content (AvgIpc) is 2.74. The highest BCUT2D eigenvalue weighted by molar-refractivity contribution is 9.11. The lowest BCUT2D eigenvalue weighted by Gasteiger charge is -2.10. The van der Waals surface area contributed by atoms with E-state index in [9.17, 15) is 9.59 Å². The van der Waals surface area contributed by atoms with Gasteiger partial charge in [-0.3, -0.25) is 14.5 Å². The van der Waals surface area contributed by atoms with Gasteiger partial charge >= 0.3 is 0 Å². The van der Waals surface area contributed by atoms with Crippen LogP contribution in [-0.4, -0.2) is 29.2 Å². The van der Waals surface area contributed by atoms with E-state index in [1.807, 2.05) is 12.1 Å². The number of rotatable bonds is 6. The molecule has 0 unspecified atom stereocenters. The molecule has 1 fully saturated rings. The molecule has 0 aromatic heterocycles. The number of nitrogens with zero attached hydrogens (tertiary/aromatic N) is 1. The summed E-state index contributed by atoms with van der Waals surface area (Å²) in [5, 5.41) is -0.287. The summed E-state index contributed by atoms with van der Waals surface area (Å²) in [6.45, 7) is 7.76. The minimum absolute atomic E-state index is 0.212. The summed E-state index contributed by atoms with van der Waals surface area (Å²) >= 11 is 7.80. The van der Waals surface area contributed by atoms with Gasteiger partial charge in [-0.15, -0.1) is 6.58 Å². The maximum atomic E-state index is 12.2. The first-order chi connectivity index (χ1) is 11.0. The van der Waals surface area contributed by atoms with Crippen LogP contribution >= 0.6 is 43.6 Å². The number of carbonyl (C=O) groups is 2. The van der Waals surface area contributed by atoms with Gasteiger partial charge in [-0.05, 0) is 67.4 Å². The highest BCUT2D eigenvalue weighted by Crippen LogP contribution is 2.37. The van der Waals surface area contributed by atoms with Crippen molar-refractivity contribution in [2.45, 2.75) is 0 Å². The first kappa shape index (κ1) is 18.0. The Morgan fingerprint density at radius 3 is 2.39 bits per heavy atom. The number of ether oxygens (including phenoxy) is 1. The van der Waals surface area contributed by atoms with E-state index in [1.54, 1.807) is 12.2 Å². The number of hydrogen-bond acceptors (Lipinski definition) is 4. The Morgan fingerprint density at radius 2 is 1.83 bits per heavy atom. The lowest BCUT2D eigenvalue weighted by molar-refractivity contribution is -0.122. The molecule has 1 heterocycles. The number of amides is 2. The third-order valence-corrected chi connectivity index (χ3v) is 4.93. The van der Waals surface area contributed by atoms with Crippen molar-refractivity contribution in [1.82, 2.24) is 4.90 Å². The van der Waals surface area contributed by atoms with E-state index in [0.717, 1.165) is 31.2 Å². The van der Waals surface area contributed by atoms with Crippen molar-refractivity contribution < 1.29 is 14.3 Å². The Labute approximate surface area is 155 Å². The lowest BCUT2D eigenvalue weighted by Crippen LogP contribution is -2.27. The van der Waals surface area contributed by atoms with Crippen LogP contribution in [-0.2, 0) is 4.79 Å². The second-order valence-electron chi connectivity index (χ2n) is 4.49. The fourth-order valence-electron chi connectivity index (χ4n) is 1.88. The minimum Gasteiger partial charge on any atom is -0.487 e. The molecular weight excluding hydrogens is 446 g/mol. The van der Waals surface area contributed by atoms with Gasteiger partial charge in [0.1, 0.15) is 12.4 Å². The molecule has 23 heavy (non-hydrogen) atoms. The van der Waals surface area contributed by atoms with E-state index < -0.39 is 0 Å². The predicted octanol–water partition coefficient (Wildman–Crippen LogP) is 5.00. The number of benzene rings is 1. The summed E-state index contributed by atoms with van der Waals surface area (Å²) in [7, 11) is 0. The van der Waals surface area contributed by atoms with Crippen LogP contribution in [0.1, 0.15) is 5.56 Å². The Hall–Kier alpha value is -1.31. The summed E-state index contributed by atoms with van der Waals surface area (Å²) in [4.78, 5) is 25.6. The standard InChI is InChI=1S/C16H13Br2NO3S/c1-3-5-19-15(20)13(23-16(19)21)9-10-7-11(17)14(12(18)8-10)22-6-4-2/h3-4,7-9H,1-2,5-6H2/b13-9-. The maximum absolute atomic E-state index is 12.2. The highest BCUT2D eigenvalue weighted by Gasteiger charge is 2.34. The van der Waals surface area contributed by atoms with Crippen molar-refractivity contribution in [3.8, 4) is 5.75 Å². The predicted molar refractivity (Wildman–Crippen MR) is 100 cm³/mol. The van der Waals surface area contributed by atoms with Crippen LogP contribution in [0.5, 0.6) is 5.75 Å². The van der Waals surface area contributed by atoms with Gasteiger partial charge in [0, 0.05) is 6.54 Å². The van der Waals surface area contributed by atoms with Crippen molar-refractivity contribution in [3.63, 3.8) is 0 Å². The zero-order valence-corrected chi connectivity index (χ0v) is 16.0. The summed E-state index contributed by atoms with van der Waals surface area (Å²) < 4.78 is 7.03. The molecule has 4 nitrogen and oxygen atoms in total. The molecule has 0 spiro atoms. The number of imide groups is 1. The number of thioether (sulfide) groups is 1. The SMILES string of the molecule is C=CCOc1c(Br)cc(/C=C2\SC(=O)N(CC=C)C2=O)cc1Br. The van der Waals surface area contributed by atoms with Crippen molar-refractivity contribution in [3.05, 3.63) is 56.9 Å². The smallest absolute Gasteiger partial charge is 0.293 e. The van der Waals surface area contributed by atoms with E-state index in [0.29, 0.717) is 17.3 Å². The molecule has 7 heteroatoms. The van der Waals surface area contributed by atoms with Crippen molar-refractivity contribution in [2.24, 2.45) is 0 Å². The molecule has 0 saturated carbocycles. The highest BCUT2D eigenvalue weighted by atomic mass is 79.9. The molecule has 1 aliphatic heterocycles. The van der Waals surface area contributed by atoms with E-state index in [-0.39, 0.29) is 17.7 Å². The Balaban J connectivity index is 2.30. The molecular formula is C16H13Br2NO3S. The molecule has 120 valence electrons. The molecule has 1 aliphatic rings. The topological polar surface area (TPSA) is 46.6 Å². The molecule has 1 saturated heterocycles. The summed E-state index contributed by atoms with van der Waals surface area (Å²) in [6, 6.07) is 3.65. The molecule has 0 atom stereocenters. The van der Waals surface area contributed by atoms with Crippen LogP contribution in [0, 0.1) is 0 Å². The number of halogens is 2. The van der Waals surface area contributed by atoms with Crippen LogP contribution in [0.3, 0.4) is 0 Å². The Bertz CT molecular complexity index is 692. The molecule has 0 N–H and O–H groups in total. The average molecular weight is 459 g/mol. The van der Waals surface area contributed by atoms with E-state index in [2.05, 4.69) is 45.0 Å². The Morgan fingerprint density at radius 1 is 1.17 bits per heavy atom. The third-order valence-electron chi connectivity index (χ3n) is 2.85. The van der Waals surface area contributed by atoms with Crippen LogP contribution in [0.15, 0.2) is 51.3 Å². The number of carbonyl (C=O) groups excluding carboxylic acids is 2. The molecule has 0 bridgehead atoms. The quantitative estimate of drug-likeness (QED) is 0.444. The minimum atomic E-state index is -0.306. The van der Waals surface area contributed by atoms with Crippen LogP contribution in [0.4, 0.5) is 4.79 Å². The monoisotopic (exact) mass is 457 g/mol. The Kier molecular flexibility index (Phi) is 6.26. The fraction of sp³-hybridized carbons (Fsp3) is 0.125. The van der Waals surface area contributed by atoms with Crippen molar-refractivity contribution in [2.75, 3.05) is 13.2 Å². The maximum Gasteiger partial charge on any atom is 0.293 e. The third kappa shape index (κ3) is 4.16. The lowest BCUT2D eigenvalue weighted by atomic mass is 10.2. The van der Waals surface area contributed by atoms with E-state index >= 15 is 0 Å². The van der Waals surface area contributed by atoms with Gasteiger partial charge in [0.05, 0.1) is 13.9 Å². The second-order valence-corrected chi connectivity index (χ2v) is 7.20. The van der Waals surface area contributed by atoms with Gasteiger partial charge < -0.3 is 4.74 Å². The van der Waals surface area contributed by atoms with E-state index in [4.69, 9.17) is 4.74 Å². The van der Waals surface area contributed by atoms with Gasteiger partial charge in [-0.1, -0.05) is 18.7 Å². The van der Waals surface area contributed by atoms with Gasteiger partial charge in [0.25, 0.3) is 11.1 Å². The van der Waals surface area contributed by atoms with Gasteiger partial charge in [-0.25, -0.2) is 0 Å². The first-order valence-corrected chi connectivity index (χ1v) is 8.97. The molecule has 1 aromatic rings. The zero-order valence-electron chi connectivity index (χ0n) is 12.1. The molecule has 2 rings (SSSR count). The summed E-state index contributed by atoms with van der Waals surface area (Å²) in [6.07, 6.45) is 4.86. The van der Waals surface area contributed by atoms with Gasteiger partial charge in [0.2, 0.25) is 0 Å². The second kappa shape index (κ2) is 7.99. The van der Waals surface area contributed by atoms with Crippen molar-refractivity contribution in [1.29, 1.82) is 0 Å². The van der Waals surface area contributed by atoms with Crippen LogP contribution < -0.4 is 4.74 Å². The fourth-order valence-corrected chi connectivity index (χ4v) is 4.18. The van der Waals surface area contributed by atoms with Crippen LogP contribution in [0.25, 0.3) is 6.08 Å². The molecule has 1 aromatic carbocycles. The molecule has 2 amide bonds. The van der Waals surface area contributed by atoms with Crippen LogP contribution in [0.2, 0.25) is 0 Å². The summed E-state index contributed by atoms with van der Waals surface area (Å²) in [5.74, 6) is 0.348. The van der Waals surface area contributed by atoms with E-state index in [1.165, 1.54) is 6.08 Å². The zero-order chi connectivity index (χ0) is 17.0. The largest absolute Gasteiger partial charge is 0.487 e. The number of hydrogen-bond donors (Lipinski definition) is 0. The van der Waals surface area contributed by atoms with Crippen molar-refractivity contribution >= 4 is 60.8 Å². The normalized spacial score (nSPS) is 16.1. The summed E-state index contributed by atoms with van der Waals surface area (Å²) in [5.41, 5.74) is 0.777. The molecule has 0 radical (unpaired) electrons. The van der Waals surface area contributed by atoms with Gasteiger partial charge in [0.15, 0.2) is 0 Å². The van der Waals surface area contributed by atoms with Gasteiger partial charge in [-0.2, -0.15) is 0 Å².